The van der Waals surface area contributed by atoms with Crippen molar-refractivity contribution in [3.63, 3.8) is 0 Å². The third-order valence-corrected chi connectivity index (χ3v) is 5.07. The first-order valence-electron chi connectivity index (χ1n) is 8.98. The maximum Gasteiger partial charge on any atom is 0.296 e. The molecule has 7 heteroatoms. The highest BCUT2D eigenvalue weighted by Crippen LogP contribution is 2.27. The van der Waals surface area contributed by atoms with Crippen LogP contribution < -0.4 is 5.56 Å². The van der Waals surface area contributed by atoms with Gasteiger partial charge in [0.05, 0.1) is 5.69 Å². The lowest BCUT2D eigenvalue weighted by Crippen LogP contribution is -2.28. The number of halogens is 1. The van der Waals surface area contributed by atoms with Gasteiger partial charge in [0.1, 0.15) is 0 Å². The van der Waals surface area contributed by atoms with Gasteiger partial charge in [-0.25, -0.2) is 14.0 Å². The fourth-order valence-electron chi connectivity index (χ4n) is 3.53. The Morgan fingerprint density at radius 2 is 1.85 bits per heavy atom. The molecule has 1 aliphatic heterocycles. The summed E-state index contributed by atoms with van der Waals surface area (Å²) in [7, 11) is 0. The van der Waals surface area contributed by atoms with E-state index < -0.39 is 0 Å². The van der Waals surface area contributed by atoms with E-state index in [0.29, 0.717) is 18.1 Å². The summed E-state index contributed by atoms with van der Waals surface area (Å²) in [6.45, 7) is 3.35. The second-order valence-corrected chi connectivity index (χ2v) is 7.06. The molecule has 0 saturated carbocycles. The highest BCUT2D eigenvalue weighted by molar-refractivity contribution is 6.30. The molecule has 0 aliphatic carbocycles. The summed E-state index contributed by atoms with van der Waals surface area (Å²) in [6, 6.07) is 9.43. The van der Waals surface area contributed by atoms with Crippen LogP contribution in [0.5, 0.6) is 5.88 Å². The Hall–Kier alpha value is -2.47. The van der Waals surface area contributed by atoms with Crippen molar-refractivity contribution in [1.29, 1.82) is 0 Å². The SMILES string of the molecule is CCCc1cc(-c2ccc(Cl)cc2)nn1-c1c(O)n2n(c1=O)CCCC2. The lowest BCUT2D eigenvalue weighted by molar-refractivity contribution is 0.304. The van der Waals surface area contributed by atoms with E-state index in [1.54, 1.807) is 14.0 Å². The fraction of sp³-hybridized carbons (Fsp3) is 0.368. The normalized spacial score (nSPS) is 13.8. The zero-order valence-electron chi connectivity index (χ0n) is 14.7. The number of aromatic hydroxyl groups is 1. The molecule has 0 bridgehead atoms. The van der Waals surface area contributed by atoms with Crippen molar-refractivity contribution in [3.8, 4) is 22.8 Å². The average Bonchev–Trinajstić information content (AvgIpc) is 3.16. The lowest BCUT2D eigenvalue weighted by atomic mass is 10.1. The van der Waals surface area contributed by atoms with E-state index in [2.05, 4.69) is 12.0 Å². The Morgan fingerprint density at radius 3 is 2.50 bits per heavy atom. The second kappa shape index (κ2) is 6.68. The van der Waals surface area contributed by atoms with E-state index in [9.17, 15) is 9.90 Å². The Labute approximate surface area is 156 Å². The Kier molecular flexibility index (Phi) is 4.36. The van der Waals surface area contributed by atoms with Crippen LogP contribution in [0.25, 0.3) is 16.9 Å². The van der Waals surface area contributed by atoms with Crippen molar-refractivity contribution in [2.24, 2.45) is 0 Å². The zero-order valence-corrected chi connectivity index (χ0v) is 15.4. The van der Waals surface area contributed by atoms with E-state index in [1.165, 1.54) is 0 Å². The zero-order chi connectivity index (χ0) is 18.3. The number of aryl methyl sites for hydroxylation is 1. The Morgan fingerprint density at radius 1 is 1.15 bits per heavy atom. The minimum Gasteiger partial charge on any atom is -0.492 e. The van der Waals surface area contributed by atoms with Gasteiger partial charge >= 0.3 is 0 Å². The van der Waals surface area contributed by atoms with Crippen LogP contribution in [0.15, 0.2) is 35.1 Å². The highest BCUT2D eigenvalue weighted by Gasteiger charge is 2.25. The molecule has 3 aromatic rings. The first-order chi connectivity index (χ1) is 12.6. The summed E-state index contributed by atoms with van der Waals surface area (Å²) in [5.74, 6) is -0.00203. The van der Waals surface area contributed by atoms with Crippen LogP contribution in [-0.4, -0.2) is 24.3 Å². The molecule has 2 aromatic heterocycles. The maximum atomic E-state index is 12.9. The summed E-state index contributed by atoms with van der Waals surface area (Å²) in [6.07, 6.45) is 3.59. The number of hydrogen-bond acceptors (Lipinski definition) is 3. The van der Waals surface area contributed by atoms with Gasteiger partial charge in [0.15, 0.2) is 5.69 Å². The number of benzene rings is 1. The van der Waals surface area contributed by atoms with E-state index in [1.807, 2.05) is 30.3 Å². The van der Waals surface area contributed by atoms with Crippen molar-refractivity contribution in [2.45, 2.75) is 45.7 Å². The van der Waals surface area contributed by atoms with E-state index in [4.69, 9.17) is 11.6 Å². The van der Waals surface area contributed by atoms with Gasteiger partial charge in [-0.05, 0) is 37.5 Å². The number of hydrogen-bond donors (Lipinski definition) is 1. The molecular weight excluding hydrogens is 352 g/mol. The van der Waals surface area contributed by atoms with Crippen molar-refractivity contribution in [3.05, 3.63) is 51.4 Å². The van der Waals surface area contributed by atoms with Crippen LogP contribution in [0.4, 0.5) is 0 Å². The molecule has 0 radical (unpaired) electrons. The molecule has 0 unspecified atom stereocenters. The van der Waals surface area contributed by atoms with Crippen molar-refractivity contribution >= 4 is 11.6 Å². The van der Waals surface area contributed by atoms with E-state index in [-0.39, 0.29) is 17.1 Å². The molecule has 4 rings (SSSR count). The fourth-order valence-corrected chi connectivity index (χ4v) is 3.66. The third kappa shape index (κ3) is 2.74. The molecule has 1 N–H and O–H groups in total. The molecule has 0 fully saturated rings. The monoisotopic (exact) mass is 372 g/mol. The predicted molar refractivity (Wildman–Crippen MR) is 101 cm³/mol. The van der Waals surface area contributed by atoms with Crippen LogP contribution in [0.1, 0.15) is 31.9 Å². The first kappa shape index (κ1) is 17.0. The molecular formula is C19H21ClN4O2. The van der Waals surface area contributed by atoms with Crippen LogP contribution in [0, 0.1) is 0 Å². The van der Waals surface area contributed by atoms with Crippen molar-refractivity contribution in [1.82, 2.24) is 19.1 Å². The molecule has 1 aromatic carbocycles. The van der Waals surface area contributed by atoms with Crippen molar-refractivity contribution in [2.75, 3.05) is 0 Å². The molecule has 0 saturated heterocycles. The van der Waals surface area contributed by atoms with Gasteiger partial charge in [0, 0.05) is 29.4 Å². The molecule has 3 heterocycles. The molecule has 0 spiro atoms. The van der Waals surface area contributed by atoms with Crippen LogP contribution >= 0.6 is 11.6 Å². The maximum absolute atomic E-state index is 12.9. The first-order valence-corrected chi connectivity index (χ1v) is 9.35. The Balaban J connectivity index is 1.88. The average molecular weight is 373 g/mol. The lowest BCUT2D eigenvalue weighted by Gasteiger charge is -2.16. The summed E-state index contributed by atoms with van der Waals surface area (Å²) < 4.78 is 4.90. The van der Waals surface area contributed by atoms with E-state index >= 15 is 0 Å². The summed E-state index contributed by atoms with van der Waals surface area (Å²) in [4.78, 5) is 12.9. The number of aromatic nitrogens is 4. The van der Waals surface area contributed by atoms with Gasteiger partial charge < -0.3 is 5.11 Å². The summed E-state index contributed by atoms with van der Waals surface area (Å²) >= 11 is 5.98. The second-order valence-electron chi connectivity index (χ2n) is 6.62. The topological polar surface area (TPSA) is 65.0 Å². The molecule has 0 amide bonds. The number of nitrogens with zero attached hydrogens (tertiary/aromatic N) is 4. The molecule has 136 valence electrons. The summed E-state index contributed by atoms with van der Waals surface area (Å²) in [5.41, 5.74) is 2.65. The van der Waals surface area contributed by atoms with Crippen LogP contribution in [0.2, 0.25) is 5.02 Å². The van der Waals surface area contributed by atoms with Crippen LogP contribution in [-0.2, 0) is 19.5 Å². The van der Waals surface area contributed by atoms with Gasteiger partial charge in [-0.2, -0.15) is 5.10 Å². The minimum atomic E-state index is -0.190. The standard InChI is InChI=1S/C19H21ClN4O2/c1-2-5-15-12-16(13-6-8-14(20)9-7-13)21-24(15)17-18(25)22-10-3-4-11-23(22)19(17)26/h6-9,12,25H,2-5,10-11H2,1H3. The number of rotatable bonds is 4. The number of fused-ring (bicyclic) bond motifs is 1. The van der Waals surface area contributed by atoms with Crippen molar-refractivity contribution < 1.29 is 5.11 Å². The van der Waals surface area contributed by atoms with E-state index in [0.717, 1.165) is 42.6 Å². The van der Waals surface area contributed by atoms with Gasteiger partial charge in [0.2, 0.25) is 5.88 Å². The smallest absolute Gasteiger partial charge is 0.296 e. The molecule has 26 heavy (non-hydrogen) atoms. The summed E-state index contributed by atoms with van der Waals surface area (Å²) in [5, 5.41) is 16.0. The van der Waals surface area contributed by atoms with Gasteiger partial charge in [-0.1, -0.05) is 37.1 Å². The quantitative estimate of drug-likeness (QED) is 0.760. The largest absolute Gasteiger partial charge is 0.492 e. The minimum absolute atomic E-state index is 0.00203. The predicted octanol–water partition coefficient (Wildman–Crippen LogP) is 3.61. The van der Waals surface area contributed by atoms with Gasteiger partial charge in [0.25, 0.3) is 5.56 Å². The van der Waals surface area contributed by atoms with Crippen LogP contribution in [0.3, 0.4) is 0 Å². The third-order valence-electron chi connectivity index (χ3n) is 4.82. The highest BCUT2D eigenvalue weighted by atomic mass is 35.5. The Bertz CT molecular complexity index is 998. The molecule has 1 aliphatic rings. The molecule has 0 atom stereocenters. The van der Waals surface area contributed by atoms with Gasteiger partial charge in [-0.3, -0.25) is 4.79 Å². The van der Waals surface area contributed by atoms with Gasteiger partial charge in [-0.15, -0.1) is 0 Å². The molecule has 6 nitrogen and oxygen atoms in total.